The van der Waals surface area contributed by atoms with Crippen LogP contribution in [0.4, 0.5) is 34.1 Å². The summed E-state index contributed by atoms with van der Waals surface area (Å²) in [5.74, 6) is 0. The second-order valence-corrected chi connectivity index (χ2v) is 11.7. The predicted molar refractivity (Wildman–Crippen MR) is 186 cm³/mol. The number of anilines is 6. The highest BCUT2D eigenvalue weighted by atomic mass is 32.1. The molecule has 0 spiro atoms. The number of nitrogens with zero attached hydrogens (tertiary/aromatic N) is 2. The molecule has 2 nitrogen and oxygen atoms in total. The summed E-state index contributed by atoms with van der Waals surface area (Å²) in [5.41, 5.74) is 6.86. The normalized spacial score (nSPS) is 11.3. The molecule has 0 radical (unpaired) electrons. The highest BCUT2D eigenvalue weighted by molar-refractivity contribution is 7.26. The molecular weight excluding hydrogens is 541 g/mol. The highest BCUT2D eigenvalue weighted by Gasteiger charge is 2.22. The average Bonchev–Trinajstić information content (AvgIpc) is 3.47. The average molecular weight is 569 g/mol. The Morgan fingerprint density at radius 1 is 0.302 bits per heavy atom. The van der Waals surface area contributed by atoms with Crippen LogP contribution in [0.5, 0.6) is 0 Å². The molecule has 0 saturated carbocycles. The molecule has 3 heteroatoms. The lowest BCUT2D eigenvalue weighted by Gasteiger charge is -2.31. The van der Waals surface area contributed by atoms with Crippen LogP contribution in [0.1, 0.15) is 0 Å². The highest BCUT2D eigenvalue weighted by Crippen LogP contribution is 2.48. The minimum Gasteiger partial charge on any atom is -0.310 e. The Hall–Kier alpha value is -5.38. The molecule has 0 aliphatic heterocycles. The van der Waals surface area contributed by atoms with Crippen molar-refractivity contribution in [3.63, 3.8) is 0 Å². The van der Waals surface area contributed by atoms with E-state index in [9.17, 15) is 0 Å². The Morgan fingerprint density at radius 3 is 1.33 bits per heavy atom. The number of fused-ring (bicyclic) bond motifs is 4. The molecule has 43 heavy (non-hydrogen) atoms. The van der Waals surface area contributed by atoms with Crippen molar-refractivity contribution in [3.8, 4) is 0 Å². The minimum atomic E-state index is 1.13. The standard InChI is InChI=1S/C40H28N2S/c1-4-15-29(16-5-1)41(30-17-6-2-7-18-30)35-27-28-36(33-22-11-10-21-32(33)35)42(31-19-8-3-9-20-31)37-24-14-26-39-40(37)34-23-12-13-25-38(34)43-39/h1-28H. The summed E-state index contributed by atoms with van der Waals surface area (Å²) in [7, 11) is 0. The van der Waals surface area contributed by atoms with Crippen LogP contribution in [0, 0.1) is 0 Å². The second-order valence-electron chi connectivity index (χ2n) is 10.6. The summed E-state index contributed by atoms with van der Waals surface area (Å²) in [6.45, 7) is 0. The summed E-state index contributed by atoms with van der Waals surface area (Å²) in [5, 5.41) is 4.96. The number of hydrogen-bond acceptors (Lipinski definition) is 3. The topological polar surface area (TPSA) is 6.48 Å². The largest absolute Gasteiger partial charge is 0.310 e. The van der Waals surface area contributed by atoms with E-state index in [0.717, 1.165) is 28.4 Å². The van der Waals surface area contributed by atoms with E-state index >= 15 is 0 Å². The van der Waals surface area contributed by atoms with E-state index in [1.54, 1.807) is 0 Å². The Balaban J connectivity index is 1.41. The molecule has 8 aromatic rings. The first-order chi connectivity index (χ1) is 21.4. The van der Waals surface area contributed by atoms with Crippen LogP contribution >= 0.6 is 11.3 Å². The molecule has 0 atom stereocenters. The van der Waals surface area contributed by atoms with Gasteiger partial charge >= 0.3 is 0 Å². The van der Waals surface area contributed by atoms with Gasteiger partial charge in [-0.2, -0.15) is 0 Å². The van der Waals surface area contributed by atoms with Gasteiger partial charge in [-0.3, -0.25) is 0 Å². The van der Waals surface area contributed by atoms with E-state index < -0.39 is 0 Å². The maximum absolute atomic E-state index is 2.43. The van der Waals surface area contributed by atoms with Crippen molar-refractivity contribution in [2.24, 2.45) is 0 Å². The van der Waals surface area contributed by atoms with Gasteiger partial charge in [0.25, 0.3) is 0 Å². The van der Waals surface area contributed by atoms with E-state index in [-0.39, 0.29) is 0 Å². The van der Waals surface area contributed by atoms with Crippen molar-refractivity contribution in [1.82, 2.24) is 0 Å². The van der Waals surface area contributed by atoms with Gasteiger partial charge in [-0.25, -0.2) is 0 Å². The number of hydrogen-bond donors (Lipinski definition) is 0. The van der Waals surface area contributed by atoms with E-state index in [4.69, 9.17) is 0 Å². The lowest BCUT2D eigenvalue weighted by atomic mass is 10.0. The van der Waals surface area contributed by atoms with Gasteiger partial charge in [0.05, 0.1) is 17.1 Å². The first-order valence-electron chi connectivity index (χ1n) is 14.5. The van der Waals surface area contributed by atoms with Crippen LogP contribution in [0.15, 0.2) is 170 Å². The van der Waals surface area contributed by atoms with Gasteiger partial charge < -0.3 is 9.80 Å². The Morgan fingerprint density at radius 2 is 0.744 bits per heavy atom. The predicted octanol–water partition coefficient (Wildman–Crippen LogP) is 12.1. The van der Waals surface area contributed by atoms with E-state index in [0.29, 0.717) is 0 Å². The lowest BCUT2D eigenvalue weighted by Crippen LogP contribution is -2.13. The molecule has 1 heterocycles. The molecule has 7 aromatic carbocycles. The summed E-state index contributed by atoms with van der Waals surface area (Å²) < 4.78 is 2.60. The van der Waals surface area contributed by atoms with Gasteiger partial charge in [0, 0.05) is 48.0 Å². The fraction of sp³-hybridized carbons (Fsp3) is 0. The van der Waals surface area contributed by atoms with E-state index in [2.05, 4.69) is 180 Å². The first-order valence-corrected chi connectivity index (χ1v) is 15.4. The Labute approximate surface area is 255 Å². The zero-order valence-electron chi connectivity index (χ0n) is 23.5. The molecule has 0 bridgehead atoms. The molecule has 0 aliphatic rings. The van der Waals surface area contributed by atoms with Crippen LogP contribution in [0.2, 0.25) is 0 Å². The number of rotatable bonds is 6. The third-order valence-corrected chi connectivity index (χ3v) is 9.16. The summed E-state index contributed by atoms with van der Waals surface area (Å²) in [6.07, 6.45) is 0. The molecule has 1 aromatic heterocycles. The third kappa shape index (κ3) is 4.42. The maximum atomic E-state index is 2.43. The molecule has 0 aliphatic carbocycles. The molecule has 0 unspecified atom stereocenters. The van der Waals surface area contributed by atoms with Gasteiger partial charge in [0.15, 0.2) is 0 Å². The molecule has 204 valence electrons. The van der Waals surface area contributed by atoms with Crippen molar-refractivity contribution in [2.75, 3.05) is 9.80 Å². The van der Waals surface area contributed by atoms with Gasteiger partial charge in [-0.1, -0.05) is 103 Å². The van der Waals surface area contributed by atoms with Crippen LogP contribution in [-0.4, -0.2) is 0 Å². The van der Waals surface area contributed by atoms with Gasteiger partial charge in [0.1, 0.15) is 0 Å². The first kappa shape index (κ1) is 25.3. The molecule has 8 rings (SSSR count). The van der Waals surface area contributed by atoms with E-state index in [1.165, 1.54) is 36.6 Å². The third-order valence-electron chi connectivity index (χ3n) is 8.02. The monoisotopic (exact) mass is 568 g/mol. The molecule has 0 amide bonds. The Bertz CT molecular complexity index is 2150. The van der Waals surface area contributed by atoms with E-state index in [1.807, 2.05) is 11.3 Å². The van der Waals surface area contributed by atoms with Crippen molar-refractivity contribution in [2.45, 2.75) is 0 Å². The summed E-state index contributed by atoms with van der Waals surface area (Å²) in [6, 6.07) is 60.8. The molecule has 0 fully saturated rings. The van der Waals surface area contributed by atoms with Gasteiger partial charge in [-0.15, -0.1) is 11.3 Å². The quantitative estimate of drug-likeness (QED) is 0.197. The number of benzene rings is 7. The lowest BCUT2D eigenvalue weighted by molar-refractivity contribution is 1.28. The van der Waals surface area contributed by atoms with Gasteiger partial charge in [-0.05, 0) is 66.7 Å². The Kier molecular flexibility index (Phi) is 6.36. The van der Waals surface area contributed by atoms with Gasteiger partial charge in [0.2, 0.25) is 0 Å². The summed E-state index contributed by atoms with van der Waals surface area (Å²) in [4.78, 5) is 4.79. The van der Waals surface area contributed by atoms with Crippen molar-refractivity contribution in [1.29, 1.82) is 0 Å². The molecule has 0 saturated heterocycles. The summed E-state index contributed by atoms with van der Waals surface area (Å²) >= 11 is 1.86. The fourth-order valence-corrected chi connectivity index (χ4v) is 7.29. The van der Waals surface area contributed by atoms with Crippen LogP contribution in [0.3, 0.4) is 0 Å². The minimum absolute atomic E-state index is 1.13. The van der Waals surface area contributed by atoms with Crippen molar-refractivity contribution >= 4 is 76.4 Å². The smallest absolute Gasteiger partial charge is 0.0555 e. The zero-order chi connectivity index (χ0) is 28.6. The van der Waals surface area contributed by atoms with Crippen molar-refractivity contribution in [3.05, 3.63) is 170 Å². The second kappa shape index (κ2) is 10.8. The maximum Gasteiger partial charge on any atom is 0.0555 e. The van der Waals surface area contributed by atoms with Crippen LogP contribution < -0.4 is 9.80 Å². The molecule has 0 N–H and O–H groups in total. The number of thiophene rings is 1. The van der Waals surface area contributed by atoms with Crippen molar-refractivity contribution < 1.29 is 0 Å². The van der Waals surface area contributed by atoms with Crippen LogP contribution in [0.25, 0.3) is 30.9 Å². The zero-order valence-corrected chi connectivity index (χ0v) is 24.3. The number of para-hydroxylation sites is 3. The molecular formula is C40H28N2S. The van der Waals surface area contributed by atoms with Crippen LogP contribution in [-0.2, 0) is 0 Å². The fourth-order valence-electron chi connectivity index (χ4n) is 6.17. The SMILES string of the molecule is c1ccc(N(c2ccccc2)c2ccc(N(c3ccccc3)c3cccc4sc5ccccc5c34)c3ccccc23)cc1.